The number of carbonyl (C=O) groups excluding carboxylic acids is 1. The average Bonchev–Trinajstić information content (AvgIpc) is 2.88. The van der Waals surface area contributed by atoms with Crippen LogP contribution in [0.1, 0.15) is 34.5 Å². The number of aromatic amines is 1. The highest BCUT2D eigenvalue weighted by molar-refractivity contribution is 9.10. The summed E-state index contributed by atoms with van der Waals surface area (Å²) in [4.78, 5) is 15.6. The first-order valence-electron chi connectivity index (χ1n) is 7.18. The lowest BCUT2D eigenvalue weighted by atomic mass is 10.1. The Kier molecular flexibility index (Phi) is 4.03. The van der Waals surface area contributed by atoms with Crippen LogP contribution in [0.15, 0.2) is 53.1 Å². The minimum Gasteiger partial charge on any atom is -0.361 e. The fourth-order valence-corrected chi connectivity index (χ4v) is 2.78. The van der Waals surface area contributed by atoms with Crippen molar-refractivity contribution in [2.75, 3.05) is 0 Å². The van der Waals surface area contributed by atoms with Crippen LogP contribution in [0.3, 0.4) is 0 Å². The van der Waals surface area contributed by atoms with Crippen molar-refractivity contribution in [3.05, 3.63) is 69.8 Å². The largest absolute Gasteiger partial charge is 0.361 e. The molecule has 3 rings (SSSR count). The maximum Gasteiger partial charge on any atom is 0.251 e. The Labute approximate surface area is 137 Å². The maximum atomic E-state index is 12.4. The number of hydrogen-bond donors (Lipinski definition) is 2. The van der Waals surface area contributed by atoms with Gasteiger partial charge < -0.3 is 10.3 Å². The van der Waals surface area contributed by atoms with Gasteiger partial charge in [0, 0.05) is 27.1 Å². The molecule has 3 aromatic rings. The zero-order valence-electron chi connectivity index (χ0n) is 12.5. The third-order valence-electron chi connectivity index (χ3n) is 3.87. The van der Waals surface area contributed by atoms with Crippen molar-refractivity contribution in [1.29, 1.82) is 0 Å². The van der Waals surface area contributed by atoms with Crippen molar-refractivity contribution < 1.29 is 4.79 Å². The van der Waals surface area contributed by atoms with Crippen molar-refractivity contribution in [2.45, 2.75) is 19.9 Å². The molecule has 0 aliphatic carbocycles. The predicted molar refractivity (Wildman–Crippen MR) is 93.1 cm³/mol. The predicted octanol–water partition coefficient (Wildman–Crippen LogP) is 4.73. The molecule has 112 valence electrons. The van der Waals surface area contributed by atoms with Crippen LogP contribution in [-0.4, -0.2) is 10.9 Å². The van der Waals surface area contributed by atoms with E-state index in [1.807, 2.05) is 62.5 Å². The highest BCUT2D eigenvalue weighted by atomic mass is 79.9. The van der Waals surface area contributed by atoms with Crippen LogP contribution in [0.5, 0.6) is 0 Å². The number of nitrogens with one attached hydrogen (secondary N) is 2. The van der Waals surface area contributed by atoms with E-state index in [-0.39, 0.29) is 11.9 Å². The molecule has 0 aliphatic rings. The third-order valence-corrected chi connectivity index (χ3v) is 4.40. The zero-order chi connectivity index (χ0) is 15.7. The Bertz CT molecular complexity index is 821. The molecule has 1 atom stereocenters. The van der Waals surface area contributed by atoms with E-state index in [0.717, 1.165) is 26.5 Å². The van der Waals surface area contributed by atoms with Crippen LogP contribution >= 0.6 is 15.9 Å². The van der Waals surface area contributed by atoms with Crippen LogP contribution in [-0.2, 0) is 0 Å². The van der Waals surface area contributed by atoms with Gasteiger partial charge >= 0.3 is 0 Å². The van der Waals surface area contributed by atoms with Crippen LogP contribution in [0.2, 0.25) is 0 Å². The molecular formula is C18H17BrN2O. The Morgan fingerprint density at radius 1 is 1.18 bits per heavy atom. The number of rotatable bonds is 3. The molecule has 0 saturated heterocycles. The summed E-state index contributed by atoms with van der Waals surface area (Å²) in [5.41, 5.74) is 3.95. The van der Waals surface area contributed by atoms with Crippen LogP contribution in [0.4, 0.5) is 0 Å². The number of H-pyrrole nitrogens is 1. The third kappa shape index (κ3) is 2.92. The molecule has 2 aromatic carbocycles. The molecule has 4 heteroatoms. The lowest BCUT2D eigenvalue weighted by molar-refractivity contribution is 0.0940. The first kappa shape index (κ1) is 14.9. The first-order valence-corrected chi connectivity index (χ1v) is 7.98. The van der Waals surface area contributed by atoms with Gasteiger partial charge in [0.2, 0.25) is 0 Å². The van der Waals surface area contributed by atoms with Crippen molar-refractivity contribution in [2.24, 2.45) is 0 Å². The molecular weight excluding hydrogens is 340 g/mol. The van der Waals surface area contributed by atoms with E-state index in [1.165, 1.54) is 0 Å². The first-order chi connectivity index (χ1) is 10.5. The lowest BCUT2D eigenvalue weighted by Crippen LogP contribution is -2.26. The molecule has 0 aliphatic heterocycles. The van der Waals surface area contributed by atoms with Crippen LogP contribution in [0, 0.1) is 6.92 Å². The average molecular weight is 357 g/mol. The van der Waals surface area contributed by atoms with Crippen molar-refractivity contribution in [3.63, 3.8) is 0 Å². The Hall–Kier alpha value is -2.07. The van der Waals surface area contributed by atoms with Crippen molar-refractivity contribution >= 4 is 32.7 Å². The minimum absolute atomic E-state index is 0.0383. The molecule has 0 unspecified atom stereocenters. The second-order valence-corrected chi connectivity index (χ2v) is 6.39. The Balaban J connectivity index is 1.80. The van der Waals surface area contributed by atoms with E-state index in [9.17, 15) is 4.79 Å². The van der Waals surface area contributed by atoms with Gasteiger partial charge in [0.1, 0.15) is 0 Å². The van der Waals surface area contributed by atoms with Gasteiger partial charge in [-0.25, -0.2) is 0 Å². The Morgan fingerprint density at radius 2 is 1.91 bits per heavy atom. The summed E-state index contributed by atoms with van der Waals surface area (Å²) >= 11 is 3.42. The maximum absolute atomic E-state index is 12.4. The molecule has 0 fully saturated rings. The SMILES string of the molecule is Cc1c[nH]c2ccc(C(=O)N[C@@H](C)c3ccc(Br)cc3)cc12. The van der Waals surface area contributed by atoms with Crippen molar-refractivity contribution in [1.82, 2.24) is 10.3 Å². The number of halogens is 1. The lowest BCUT2D eigenvalue weighted by Gasteiger charge is -2.14. The van der Waals surface area contributed by atoms with Crippen molar-refractivity contribution in [3.8, 4) is 0 Å². The van der Waals surface area contributed by atoms with Gasteiger partial charge in [-0.2, -0.15) is 0 Å². The second-order valence-electron chi connectivity index (χ2n) is 5.48. The smallest absolute Gasteiger partial charge is 0.251 e. The van der Waals surface area contributed by atoms with E-state index < -0.39 is 0 Å². The fourth-order valence-electron chi connectivity index (χ4n) is 2.52. The van der Waals surface area contributed by atoms with E-state index in [2.05, 4.69) is 26.2 Å². The minimum atomic E-state index is -0.0575. The highest BCUT2D eigenvalue weighted by Crippen LogP contribution is 2.20. The molecule has 2 N–H and O–H groups in total. The van der Waals surface area contributed by atoms with Gasteiger partial charge in [-0.1, -0.05) is 28.1 Å². The number of benzene rings is 2. The van der Waals surface area contributed by atoms with E-state index in [0.29, 0.717) is 5.56 Å². The number of aromatic nitrogens is 1. The monoisotopic (exact) mass is 356 g/mol. The van der Waals surface area contributed by atoms with E-state index >= 15 is 0 Å². The molecule has 1 amide bonds. The van der Waals surface area contributed by atoms with Crippen LogP contribution in [0.25, 0.3) is 10.9 Å². The zero-order valence-corrected chi connectivity index (χ0v) is 14.1. The second kappa shape index (κ2) is 5.97. The standard InChI is InChI=1S/C18H17BrN2O/c1-11-10-20-17-8-5-14(9-16(11)17)18(22)21-12(2)13-3-6-15(19)7-4-13/h3-10,12,20H,1-2H3,(H,21,22)/t12-/m0/s1. The summed E-state index contributed by atoms with van der Waals surface area (Å²) in [7, 11) is 0. The number of hydrogen-bond acceptors (Lipinski definition) is 1. The number of fused-ring (bicyclic) bond motifs is 1. The molecule has 0 saturated carbocycles. The van der Waals surface area contributed by atoms with E-state index in [4.69, 9.17) is 0 Å². The number of carbonyl (C=O) groups is 1. The van der Waals surface area contributed by atoms with Gasteiger partial charge in [-0.15, -0.1) is 0 Å². The summed E-state index contributed by atoms with van der Waals surface area (Å²) in [5.74, 6) is -0.0575. The molecule has 22 heavy (non-hydrogen) atoms. The van der Waals surface area contributed by atoms with Gasteiger partial charge in [0.05, 0.1) is 6.04 Å². The van der Waals surface area contributed by atoms with Gasteiger partial charge in [-0.3, -0.25) is 4.79 Å². The summed E-state index contributed by atoms with van der Waals surface area (Å²) in [6.45, 7) is 4.02. The summed E-state index contributed by atoms with van der Waals surface area (Å²) < 4.78 is 1.03. The van der Waals surface area contributed by atoms with E-state index in [1.54, 1.807) is 0 Å². The summed E-state index contributed by atoms with van der Waals surface area (Å²) in [6, 6.07) is 13.7. The molecule has 1 aromatic heterocycles. The molecule has 0 bridgehead atoms. The summed E-state index contributed by atoms with van der Waals surface area (Å²) in [5, 5.41) is 4.13. The Morgan fingerprint density at radius 3 is 2.64 bits per heavy atom. The summed E-state index contributed by atoms with van der Waals surface area (Å²) in [6.07, 6.45) is 1.96. The van der Waals surface area contributed by atoms with Gasteiger partial charge in [0.15, 0.2) is 0 Å². The fraction of sp³-hybridized carbons (Fsp3) is 0.167. The quantitative estimate of drug-likeness (QED) is 0.699. The topological polar surface area (TPSA) is 44.9 Å². The van der Waals surface area contributed by atoms with Crippen LogP contribution < -0.4 is 5.32 Å². The molecule has 3 nitrogen and oxygen atoms in total. The molecule has 1 heterocycles. The normalized spacial score (nSPS) is 12.3. The van der Waals surface area contributed by atoms with Gasteiger partial charge in [0.25, 0.3) is 5.91 Å². The molecule has 0 spiro atoms. The van der Waals surface area contributed by atoms with Gasteiger partial charge in [-0.05, 0) is 55.3 Å². The number of aryl methyl sites for hydroxylation is 1. The number of amides is 1. The molecule has 0 radical (unpaired) electrons. The highest BCUT2D eigenvalue weighted by Gasteiger charge is 2.12.